The van der Waals surface area contributed by atoms with Crippen LogP contribution in [0.4, 0.5) is 11.8 Å². The van der Waals surface area contributed by atoms with Gasteiger partial charge in [-0.25, -0.2) is 4.98 Å². The summed E-state index contributed by atoms with van der Waals surface area (Å²) in [6.45, 7) is 0.501. The number of carbonyl (C=O) groups is 1. The lowest BCUT2D eigenvalue weighted by molar-refractivity contribution is 0.1000. The third-order valence-corrected chi connectivity index (χ3v) is 6.92. The van der Waals surface area contributed by atoms with Gasteiger partial charge in [0, 0.05) is 30.2 Å². The predicted molar refractivity (Wildman–Crippen MR) is 129 cm³/mol. The smallest absolute Gasteiger partial charge is 0.248 e. The zero-order chi connectivity index (χ0) is 22.8. The molecule has 9 heteroatoms. The van der Waals surface area contributed by atoms with Gasteiger partial charge in [0.1, 0.15) is 0 Å². The number of aromatic nitrogens is 4. The molecule has 1 aromatic carbocycles. The van der Waals surface area contributed by atoms with Crippen molar-refractivity contribution < 1.29 is 4.79 Å². The van der Waals surface area contributed by atoms with Crippen LogP contribution in [0.5, 0.6) is 0 Å². The second-order valence-corrected chi connectivity index (χ2v) is 9.33. The first-order valence-electron chi connectivity index (χ1n) is 12.0. The van der Waals surface area contributed by atoms with Crippen LogP contribution in [-0.4, -0.2) is 37.5 Å². The number of nitrogens with two attached hydrogens (primary N) is 2. The minimum Gasteiger partial charge on any atom is -0.366 e. The van der Waals surface area contributed by atoms with Gasteiger partial charge in [-0.1, -0.05) is 25.0 Å². The van der Waals surface area contributed by atoms with Crippen molar-refractivity contribution in [3.8, 4) is 0 Å². The highest BCUT2D eigenvalue weighted by Crippen LogP contribution is 2.33. The third-order valence-electron chi connectivity index (χ3n) is 6.92. The molecule has 2 fully saturated rings. The van der Waals surface area contributed by atoms with E-state index in [1.165, 1.54) is 12.8 Å². The number of imidazole rings is 1. The number of hydrogen-bond donors (Lipinski definition) is 4. The van der Waals surface area contributed by atoms with Crippen LogP contribution in [-0.2, 0) is 6.54 Å². The Kier molecular flexibility index (Phi) is 6.13. The van der Waals surface area contributed by atoms with E-state index >= 15 is 0 Å². The van der Waals surface area contributed by atoms with Gasteiger partial charge in [-0.3, -0.25) is 4.79 Å². The van der Waals surface area contributed by atoms with Crippen molar-refractivity contribution in [1.82, 2.24) is 19.5 Å². The molecule has 0 radical (unpaired) electrons. The van der Waals surface area contributed by atoms with Crippen LogP contribution in [0.25, 0.3) is 11.2 Å². The summed E-state index contributed by atoms with van der Waals surface area (Å²) in [7, 11) is 0. The number of primary amides is 1. The lowest BCUT2D eigenvalue weighted by Crippen LogP contribution is -2.33. The molecule has 0 aliphatic heterocycles. The Morgan fingerprint density at radius 1 is 1.09 bits per heavy atom. The molecule has 174 valence electrons. The Morgan fingerprint density at radius 2 is 1.88 bits per heavy atom. The minimum absolute atomic E-state index is 0.295. The molecule has 0 bridgehead atoms. The van der Waals surface area contributed by atoms with Gasteiger partial charge < -0.3 is 26.7 Å². The number of nitrogens with one attached hydrogen (secondary N) is 2. The van der Waals surface area contributed by atoms with E-state index < -0.39 is 5.91 Å². The van der Waals surface area contributed by atoms with Crippen molar-refractivity contribution >= 4 is 28.8 Å². The van der Waals surface area contributed by atoms with Crippen molar-refractivity contribution in [2.24, 2.45) is 11.5 Å². The van der Waals surface area contributed by atoms with Gasteiger partial charge in [0.05, 0.1) is 6.33 Å². The lowest BCUT2D eigenvalue weighted by atomic mass is 9.92. The summed E-state index contributed by atoms with van der Waals surface area (Å²) in [5.74, 6) is 0.877. The topological polar surface area (TPSA) is 137 Å². The molecule has 2 aliphatic carbocycles. The molecule has 3 aromatic rings. The molecule has 1 amide bonds. The molecule has 2 aliphatic rings. The van der Waals surface area contributed by atoms with Crippen LogP contribution in [0.3, 0.4) is 0 Å². The SMILES string of the molecule is NC(=O)c1cccc(CNc2nc(N[C@H]3CC[C@H](N)CC3)nc3c2ncn3C2CCCC2)c1. The summed E-state index contributed by atoms with van der Waals surface area (Å²) in [5.41, 5.74) is 14.6. The summed E-state index contributed by atoms with van der Waals surface area (Å²) >= 11 is 0. The maximum Gasteiger partial charge on any atom is 0.248 e. The molecule has 0 atom stereocenters. The summed E-state index contributed by atoms with van der Waals surface area (Å²) in [6.07, 6.45) is 10.8. The maximum absolute atomic E-state index is 11.5. The molecule has 2 aromatic heterocycles. The Bertz CT molecular complexity index is 1130. The van der Waals surface area contributed by atoms with Crippen molar-refractivity contribution in [3.05, 3.63) is 41.7 Å². The van der Waals surface area contributed by atoms with Gasteiger partial charge in [0.25, 0.3) is 0 Å². The van der Waals surface area contributed by atoms with Crippen LogP contribution in [0.2, 0.25) is 0 Å². The fraction of sp³-hybridized carbons (Fsp3) is 0.500. The molecule has 9 nitrogen and oxygen atoms in total. The molecule has 0 unspecified atom stereocenters. The van der Waals surface area contributed by atoms with Crippen LogP contribution in [0, 0.1) is 0 Å². The standard InChI is InChI=1S/C24H32N8O/c25-17-8-10-18(11-9-17)29-24-30-22(27-13-15-4-3-5-16(12-15)21(26)33)20-23(31-24)32(14-28-20)19-6-1-2-7-19/h3-5,12,14,17-19H,1-2,6-11,13,25H2,(H2,26,33)(H2,27,29,30,31)/t17-,18-. The van der Waals surface area contributed by atoms with E-state index in [1.54, 1.807) is 12.1 Å². The molecular formula is C24H32N8O. The van der Waals surface area contributed by atoms with Crippen molar-refractivity contribution in [2.75, 3.05) is 10.6 Å². The number of amides is 1. The molecule has 0 spiro atoms. The van der Waals surface area contributed by atoms with Crippen LogP contribution >= 0.6 is 0 Å². The number of carbonyl (C=O) groups excluding carboxylic acids is 1. The average Bonchev–Trinajstić information content (AvgIpc) is 3.49. The number of fused-ring (bicyclic) bond motifs is 1. The maximum atomic E-state index is 11.5. The fourth-order valence-corrected chi connectivity index (χ4v) is 5.02. The number of rotatable bonds is 7. The highest BCUT2D eigenvalue weighted by molar-refractivity contribution is 5.93. The van der Waals surface area contributed by atoms with Gasteiger partial charge in [0.2, 0.25) is 11.9 Å². The summed E-state index contributed by atoms with van der Waals surface area (Å²) < 4.78 is 2.21. The van der Waals surface area contributed by atoms with Gasteiger partial charge in [-0.05, 0) is 56.2 Å². The summed E-state index contributed by atoms with van der Waals surface area (Å²) in [4.78, 5) is 25.9. The monoisotopic (exact) mass is 448 g/mol. The van der Waals surface area contributed by atoms with E-state index in [9.17, 15) is 4.79 Å². The zero-order valence-electron chi connectivity index (χ0n) is 18.8. The van der Waals surface area contributed by atoms with E-state index in [-0.39, 0.29) is 0 Å². The molecule has 33 heavy (non-hydrogen) atoms. The number of benzene rings is 1. The predicted octanol–water partition coefficient (Wildman–Crippen LogP) is 3.33. The normalized spacial score (nSPS) is 21.4. The first-order valence-corrected chi connectivity index (χ1v) is 12.0. The Morgan fingerprint density at radius 3 is 2.64 bits per heavy atom. The molecular weight excluding hydrogens is 416 g/mol. The minimum atomic E-state index is -0.435. The number of anilines is 2. The molecule has 0 saturated heterocycles. The Hall–Kier alpha value is -3.20. The van der Waals surface area contributed by atoms with Crippen LogP contribution in [0.1, 0.15) is 73.3 Å². The summed E-state index contributed by atoms with van der Waals surface area (Å²) in [6, 6.07) is 8.37. The summed E-state index contributed by atoms with van der Waals surface area (Å²) in [5, 5.41) is 6.96. The average molecular weight is 449 g/mol. The van der Waals surface area contributed by atoms with Crippen LogP contribution in [0.15, 0.2) is 30.6 Å². The Balaban J connectivity index is 1.44. The van der Waals surface area contributed by atoms with Gasteiger partial charge in [-0.2, -0.15) is 9.97 Å². The van der Waals surface area contributed by atoms with Gasteiger partial charge >= 0.3 is 0 Å². The largest absolute Gasteiger partial charge is 0.366 e. The highest BCUT2D eigenvalue weighted by atomic mass is 16.1. The molecule has 2 heterocycles. The van der Waals surface area contributed by atoms with E-state index in [0.717, 1.165) is 55.3 Å². The van der Waals surface area contributed by atoms with Crippen molar-refractivity contribution in [3.63, 3.8) is 0 Å². The van der Waals surface area contributed by atoms with Crippen molar-refractivity contribution in [1.29, 1.82) is 0 Å². The second kappa shape index (κ2) is 9.35. The fourth-order valence-electron chi connectivity index (χ4n) is 5.02. The quantitative estimate of drug-likeness (QED) is 0.435. The van der Waals surface area contributed by atoms with Gasteiger partial charge in [-0.15, -0.1) is 0 Å². The first-order chi connectivity index (χ1) is 16.1. The Labute approximate surface area is 193 Å². The zero-order valence-corrected chi connectivity index (χ0v) is 18.8. The molecule has 6 N–H and O–H groups in total. The van der Waals surface area contributed by atoms with E-state index in [1.807, 2.05) is 18.5 Å². The van der Waals surface area contributed by atoms with E-state index in [0.29, 0.717) is 42.0 Å². The molecule has 5 rings (SSSR count). The van der Waals surface area contributed by atoms with E-state index in [2.05, 4.69) is 20.2 Å². The second-order valence-electron chi connectivity index (χ2n) is 9.33. The first kappa shape index (κ1) is 21.6. The number of hydrogen-bond acceptors (Lipinski definition) is 7. The van der Waals surface area contributed by atoms with Crippen molar-refractivity contribution in [2.45, 2.75) is 76.0 Å². The van der Waals surface area contributed by atoms with Crippen LogP contribution < -0.4 is 22.1 Å². The van der Waals surface area contributed by atoms with Gasteiger partial charge in [0.15, 0.2) is 17.0 Å². The molecule has 2 saturated carbocycles. The highest BCUT2D eigenvalue weighted by Gasteiger charge is 2.23. The third kappa shape index (κ3) is 4.78. The number of nitrogens with zero attached hydrogens (tertiary/aromatic N) is 4. The lowest BCUT2D eigenvalue weighted by Gasteiger charge is -2.27. The van der Waals surface area contributed by atoms with E-state index in [4.69, 9.17) is 21.4 Å².